The van der Waals surface area contributed by atoms with Gasteiger partial charge in [0.05, 0.1) is 5.38 Å². The van der Waals surface area contributed by atoms with Gasteiger partial charge in [-0.05, 0) is 25.5 Å². The molecule has 0 radical (unpaired) electrons. The number of alkyl halides is 1. The molecule has 1 aromatic carbocycles. The second-order valence-corrected chi connectivity index (χ2v) is 4.15. The molecule has 11 heavy (non-hydrogen) atoms. The average molecular weight is 234 g/mol. The van der Waals surface area contributed by atoms with Gasteiger partial charge in [-0.2, -0.15) is 0 Å². The lowest BCUT2D eigenvalue weighted by Gasteiger charge is -2.06. The summed E-state index contributed by atoms with van der Waals surface area (Å²) < 4.78 is 1.09. The first-order valence-electron chi connectivity index (χ1n) is 3.51. The van der Waals surface area contributed by atoms with Gasteiger partial charge >= 0.3 is 0 Å². The molecule has 0 saturated carbocycles. The molecule has 0 aliphatic carbocycles. The highest BCUT2D eigenvalue weighted by atomic mass is 79.9. The van der Waals surface area contributed by atoms with Crippen molar-refractivity contribution < 1.29 is 0 Å². The maximum atomic E-state index is 5.95. The molecular weight excluding hydrogens is 223 g/mol. The summed E-state index contributed by atoms with van der Waals surface area (Å²) in [6.45, 7) is 4.04. The molecule has 0 heterocycles. The van der Waals surface area contributed by atoms with E-state index in [1.54, 1.807) is 0 Å². The van der Waals surface area contributed by atoms with Crippen LogP contribution in [0.3, 0.4) is 0 Å². The van der Waals surface area contributed by atoms with Crippen molar-refractivity contribution in [3.8, 4) is 0 Å². The molecule has 1 rings (SSSR count). The lowest BCUT2D eigenvalue weighted by molar-refractivity contribution is 1.07. The van der Waals surface area contributed by atoms with Gasteiger partial charge in [0.25, 0.3) is 0 Å². The minimum absolute atomic E-state index is 0.0734. The second kappa shape index (κ2) is 3.59. The summed E-state index contributed by atoms with van der Waals surface area (Å²) in [4.78, 5) is 0. The Balaban J connectivity index is 3.13. The molecule has 0 bridgehead atoms. The molecule has 0 N–H and O–H groups in total. The Hall–Kier alpha value is -0.0100. The Labute approximate surface area is 80.7 Å². The highest BCUT2D eigenvalue weighted by molar-refractivity contribution is 9.10. The standard InChI is InChI=1S/C9H10BrCl/c1-6-3-4-9(10)8(5-6)7(2)11/h3-5,7H,1-2H3. The fraction of sp³-hybridized carbons (Fsp3) is 0.333. The van der Waals surface area contributed by atoms with E-state index in [0.717, 1.165) is 10.0 Å². The van der Waals surface area contributed by atoms with E-state index < -0.39 is 0 Å². The third-order valence-electron chi connectivity index (χ3n) is 1.58. The van der Waals surface area contributed by atoms with Crippen LogP contribution in [0.1, 0.15) is 23.4 Å². The fourth-order valence-corrected chi connectivity index (χ4v) is 1.87. The van der Waals surface area contributed by atoms with E-state index in [2.05, 4.69) is 35.0 Å². The Morgan fingerprint density at radius 3 is 2.55 bits per heavy atom. The van der Waals surface area contributed by atoms with E-state index in [0.29, 0.717) is 0 Å². The van der Waals surface area contributed by atoms with Gasteiger partial charge in [-0.15, -0.1) is 11.6 Å². The number of hydrogen-bond donors (Lipinski definition) is 0. The number of aryl methyl sites for hydroxylation is 1. The van der Waals surface area contributed by atoms with Crippen molar-refractivity contribution in [2.45, 2.75) is 19.2 Å². The summed E-state index contributed by atoms with van der Waals surface area (Å²) in [7, 11) is 0. The molecule has 0 aliphatic rings. The van der Waals surface area contributed by atoms with Gasteiger partial charge in [0, 0.05) is 4.47 Å². The van der Waals surface area contributed by atoms with Crippen LogP contribution in [0, 0.1) is 6.92 Å². The molecule has 0 aliphatic heterocycles. The third kappa shape index (κ3) is 2.21. The molecule has 0 saturated heterocycles. The Kier molecular flexibility index (Phi) is 2.97. The van der Waals surface area contributed by atoms with E-state index in [9.17, 15) is 0 Å². The van der Waals surface area contributed by atoms with Crippen molar-refractivity contribution >= 4 is 27.5 Å². The molecule has 0 amide bonds. The number of halogens is 2. The molecule has 0 spiro atoms. The predicted octanol–water partition coefficient (Wildman–Crippen LogP) is 4.06. The van der Waals surface area contributed by atoms with E-state index >= 15 is 0 Å². The fourth-order valence-electron chi connectivity index (χ4n) is 0.968. The molecule has 60 valence electrons. The van der Waals surface area contributed by atoms with Crippen LogP contribution >= 0.6 is 27.5 Å². The molecular formula is C9H10BrCl. The number of benzene rings is 1. The van der Waals surface area contributed by atoms with Crippen LogP contribution in [0.4, 0.5) is 0 Å². The van der Waals surface area contributed by atoms with Gasteiger partial charge in [-0.3, -0.25) is 0 Å². The molecule has 0 nitrogen and oxygen atoms in total. The van der Waals surface area contributed by atoms with Crippen molar-refractivity contribution in [3.05, 3.63) is 33.8 Å². The quantitative estimate of drug-likeness (QED) is 0.642. The molecule has 1 unspecified atom stereocenters. The topological polar surface area (TPSA) is 0 Å². The van der Waals surface area contributed by atoms with Crippen molar-refractivity contribution in [2.75, 3.05) is 0 Å². The van der Waals surface area contributed by atoms with E-state index in [1.807, 2.05) is 13.0 Å². The molecule has 2 heteroatoms. The van der Waals surface area contributed by atoms with Crippen molar-refractivity contribution in [1.82, 2.24) is 0 Å². The first-order valence-corrected chi connectivity index (χ1v) is 4.74. The van der Waals surface area contributed by atoms with Crippen LogP contribution in [0.5, 0.6) is 0 Å². The van der Waals surface area contributed by atoms with Crippen LogP contribution in [0.15, 0.2) is 22.7 Å². The zero-order chi connectivity index (χ0) is 8.43. The van der Waals surface area contributed by atoms with Crippen LogP contribution in [-0.4, -0.2) is 0 Å². The second-order valence-electron chi connectivity index (χ2n) is 2.64. The monoisotopic (exact) mass is 232 g/mol. The van der Waals surface area contributed by atoms with E-state index in [-0.39, 0.29) is 5.38 Å². The van der Waals surface area contributed by atoms with Gasteiger partial charge in [0.2, 0.25) is 0 Å². The van der Waals surface area contributed by atoms with Crippen molar-refractivity contribution in [3.63, 3.8) is 0 Å². The van der Waals surface area contributed by atoms with Crippen LogP contribution in [0.25, 0.3) is 0 Å². The molecule has 0 aromatic heterocycles. The summed E-state index contributed by atoms with van der Waals surface area (Å²) in [6, 6.07) is 6.19. The normalized spacial score (nSPS) is 13.1. The highest BCUT2D eigenvalue weighted by Gasteiger charge is 2.04. The molecule has 1 atom stereocenters. The first kappa shape index (κ1) is 9.08. The maximum Gasteiger partial charge on any atom is 0.0568 e. The minimum atomic E-state index is 0.0734. The zero-order valence-corrected chi connectivity index (χ0v) is 8.91. The van der Waals surface area contributed by atoms with E-state index in [1.165, 1.54) is 5.56 Å². The Bertz CT molecular complexity index is 256. The Morgan fingerprint density at radius 1 is 1.45 bits per heavy atom. The summed E-state index contributed by atoms with van der Waals surface area (Å²) in [5.74, 6) is 0. The molecule has 1 aromatic rings. The molecule has 0 fully saturated rings. The van der Waals surface area contributed by atoms with Gasteiger partial charge in [-0.25, -0.2) is 0 Å². The van der Waals surface area contributed by atoms with Crippen molar-refractivity contribution in [1.29, 1.82) is 0 Å². The smallest absolute Gasteiger partial charge is 0.0568 e. The van der Waals surface area contributed by atoms with Crippen LogP contribution < -0.4 is 0 Å². The van der Waals surface area contributed by atoms with Crippen molar-refractivity contribution in [2.24, 2.45) is 0 Å². The first-order chi connectivity index (χ1) is 5.11. The van der Waals surface area contributed by atoms with Gasteiger partial charge in [-0.1, -0.05) is 33.6 Å². The van der Waals surface area contributed by atoms with Crippen LogP contribution in [-0.2, 0) is 0 Å². The van der Waals surface area contributed by atoms with Gasteiger partial charge in [0.1, 0.15) is 0 Å². The number of hydrogen-bond acceptors (Lipinski definition) is 0. The highest BCUT2D eigenvalue weighted by Crippen LogP contribution is 2.28. The lowest BCUT2D eigenvalue weighted by Crippen LogP contribution is -1.86. The minimum Gasteiger partial charge on any atom is -0.118 e. The summed E-state index contributed by atoms with van der Waals surface area (Å²) in [5.41, 5.74) is 2.40. The maximum absolute atomic E-state index is 5.95. The predicted molar refractivity (Wildman–Crippen MR) is 53.1 cm³/mol. The summed E-state index contributed by atoms with van der Waals surface area (Å²) in [6.07, 6.45) is 0. The average Bonchev–Trinajstić information content (AvgIpc) is 1.94. The SMILES string of the molecule is Cc1ccc(Br)c(C(C)Cl)c1. The Morgan fingerprint density at radius 2 is 2.09 bits per heavy atom. The zero-order valence-electron chi connectivity index (χ0n) is 6.57. The summed E-state index contributed by atoms with van der Waals surface area (Å²) >= 11 is 9.40. The number of rotatable bonds is 1. The van der Waals surface area contributed by atoms with Gasteiger partial charge < -0.3 is 0 Å². The third-order valence-corrected chi connectivity index (χ3v) is 2.54. The largest absolute Gasteiger partial charge is 0.118 e. The summed E-state index contributed by atoms with van der Waals surface area (Å²) in [5, 5.41) is 0.0734. The van der Waals surface area contributed by atoms with Crippen LogP contribution in [0.2, 0.25) is 0 Å². The van der Waals surface area contributed by atoms with Gasteiger partial charge in [0.15, 0.2) is 0 Å². The lowest BCUT2D eigenvalue weighted by atomic mass is 10.1. The van der Waals surface area contributed by atoms with E-state index in [4.69, 9.17) is 11.6 Å².